The van der Waals surface area contributed by atoms with E-state index in [4.69, 9.17) is 10.5 Å². The molecule has 2 aromatic carbocycles. The number of ether oxygens (including phenoxy) is 1. The Hall–Kier alpha value is -2.40. The van der Waals surface area contributed by atoms with Crippen molar-refractivity contribution in [2.45, 2.75) is 6.42 Å². The third kappa shape index (κ3) is 4.57. The highest BCUT2D eigenvalue weighted by Crippen LogP contribution is 2.12. The second-order valence-corrected chi connectivity index (χ2v) is 4.53. The van der Waals surface area contributed by atoms with Gasteiger partial charge in [-0.05, 0) is 30.2 Å². The molecule has 0 saturated heterocycles. The lowest BCUT2D eigenvalue weighted by atomic mass is 10.1. The zero-order valence-electron chi connectivity index (χ0n) is 11.5. The van der Waals surface area contributed by atoms with Crippen molar-refractivity contribution in [3.8, 4) is 0 Å². The Morgan fingerprint density at radius 3 is 2.62 bits per heavy atom. The molecule has 0 spiro atoms. The van der Waals surface area contributed by atoms with Crippen LogP contribution in [0.25, 0.3) is 0 Å². The molecule has 1 amide bonds. The molecule has 0 aliphatic carbocycles. The second-order valence-electron chi connectivity index (χ2n) is 4.53. The van der Waals surface area contributed by atoms with E-state index < -0.39 is 5.82 Å². The number of rotatable bonds is 6. The van der Waals surface area contributed by atoms with Crippen LogP contribution in [0.5, 0.6) is 0 Å². The average molecular weight is 288 g/mol. The Morgan fingerprint density at radius 1 is 1.14 bits per heavy atom. The Morgan fingerprint density at radius 2 is 1.86 bits per heavy atom. The fourth-order valence-electron chi connectivity index (χ4n) is 1.86. The maximum Gasteiger partial charge on any atom is 0.250 e. The fraction of sp³-hybridized carbons (Fsp3) is 0.188. The zero-order valence-corrected chi connectivity index (χ0v) is 11.5. The third-order valence-corrected chi connectivity index (χ3v) is 2.95. The number of nitrogen functional groups attached to an aromatic ring is 1. The molecule has 5 heteroatoms. The molecule has 21 heavy (non-hydrogen) atoms. The number of carbonyl (C=O) groups is 1. The van der Waals surface area contributed by atoms with Crippen LogP contribution in [-0.2, 0) is 16.0 Å². The molecule has 0 aliphatic heterocycles. The van der Waals surface area contributed by atoms with Gasteiger partial charge >= 0.3 is 0 Å². The maximum atomic E-state index is 13.3. The molecule has 3 N–H and O–H groups in total. The highest BCUT2D eigenvalue weighted by atomic mass is 19.1. The minimum atomic E-state index is -0.470. The molecule has 0 saturated carbocycles. The molecule has 4 nitrogen and oxygen atoms in total. The van der Waals surface area contributed by atoms with Gasteiger partial charge in [0.25, 0.3) is 0 Å². The largest absolute Gasteiger partial charge is 0.399 e. The summed E-state index contributed by atoms with van der Waals surface area (Å²) in [6.07, 6.45) is 0.625. The number of nitrogens with one attached hydrogen (secondary N) is 1. The summed E-state index contributed by atoms with van der Waals surface area (Å²) < 4.78 is 18.6. The highest BCUT2D eigenvalue weighted by molar-refractivity contribution is 5.91. The van der Waals surface area contributed by atoms with E-state index in [-0.39, 0.29) is 18.2 Å². The van der Waals surface area contributed by atoms with Gasteiger partial charge in [0.05, 0.1) is 12.3 Å². The molecule has 0 aliphatic rings. The molecule has 2 aromatic rings. The Balaban J connectivity index is 1.73. The van der Waals surface area contributed by atoms with Crippen LogP contribution in [0.4, 0.5) is 15.8 Å². The van der Waals surface area contributed by atoms with Crippen molar-refractivity contribution in [1.82, 2.24) is 0 Å². The number of anilines is 2. The summed E-state index contributed by atoms with van der Waals surface area (Å²) in [5, 5.41) is 2.46. The number of halogens is 1. The molecular weight excluding hydrogens is 271 g/mol. The van der Waals surface area contributed by atoms with E-state index in [1.54, 1.807) is 12.1 Å². The van der Waals surface area contributed by atoms with Gasteiger partial charge in [-0.3, -0.25) is 4.79 Å². The lowest BCUT2D eigenvalue weighted by molar-refractivity contribution is -0.120. The number of nitrogens with two attached hydrogens (primary N) is 1. The van der Waals surface area contributed by atoms with Crippen LogP contribution in [0.1, 0.15) is 5.56 Å². The van der Waals surface area contributed by atoms with Gasteiger partial charge in [-0.25, -0.2) is 4.39 Å². The van der Waals surface area contributed by atoms with Crippen LogP contribution in [0, 0.1) is 5.82 Å². The van der Waals surface area contributed by atoms with Gasteiger partial charge in [0.15, 0.2) is 0 Å². The predicted octanol–water partition coefficient (Wildman–Crippen LogP) is 2.61. The van der Waals surface area contributed by atoms with E-state index in [1.165, 1.54) is 12.1 Å². The summed E-state index contributed by atoms with van der Waals surface area (Å²) in [6.45, 7) is 0.250. The molecular formula is C16H17FN2O2. The first-order chi connectivity index (χ1) is 10.2. The minimum Gasteiger partial charge on any atom is -0.399 e. The average Bonchev–Trinajstić information content (AvgIpc) is 2.48. The van der Waals surface area contributed by atoms with Crippen molar-refractivity contribution in [3.63, 3.8) is 0 Å². The van der Waals surface area contributed by atoms with Crippen LogP contribution < -0.4 is 11.1 Å². The lowest BCUT2D eigenvalue weighted by Gasteiger charge is -2.08. The van der Waals surface area contributed by atoms with E-state index in [1.807, 2.05) is 24.3 Å². The van der Waals surface area contributed by atoms with Crippen molar-refractivity contribution >= 4 is 17.3 Å². The Labute approximate surface area is 122 Å². The van der Waals surface area contributed by atoms with Crippen LogP contribution >= 0.6 is 0 Å². The molecule has 0 aromatic heterocycles. The van der Waals surface area contributed by atoms with Crippen molar-refractivity contribution in [2.24, 2.45) is 0 Å². The SMILES string of the molecule is Nc1ccccc1CCOCC(=O)Nc1ccccc1F. The van der Waals surface area contributed by atoms with Gasteiger partial charge in [-0.2, -0.15) is 0 Å². The number of hydrogen-bond donors (Lipinski definition) is 2. The third-order valence-electron chi connectivity index (χ3n) is 2.95. The van der Waals surface area contributed by atoms with Gasteiger partial charge in [0.2, 0.25) is 5.91 Å². The van der Waals surface area contributed by atoms with Gasteiger partial charge in [0, 0.05) is 5.69 Å². The summed E-state index contributed by atoms with van der Waals surface area (Å²) in [7, 11) is 0. The lowest BCUT2D eigenvalue weighted by Crippen LogP contribution is -2.19. The maximum absolute atomic E-state index is 13.3. The first-order valence-electron chi connectivity index (χ1n) is 6.62. The summed E-state index contributed by atoms with van der Waals surface area (Å²) in [5.74, 6) is -0.857. The molecule has 0 fully saturated rings. The van der Waals surface area contributed by atoms with Crippen LogP contribution in [-0.4, -0.2) is 19.1 Å². The van der Waals surface area contributed by atoms with Crippen LogP contribution in [0.15, 0.2) is 48.5 Å². The molecule has 0 unspecified atom stereocenters. The molecule has 110 valence electrons. The first-order valence-corrected chi connectivity index (χ1v) is 6.62. The topological polar surface area (TPSA) is 64.3 Å². The number of carbonyl (C=O) groups excluding carboxylic acids is 1. The quantitative estimate of drug-likeness (QED) is 0.634. The predicted molar refractivity (Wildman–Crippen MR) is 80.4 cm³/mol. The number of benzene rings is 2. The summed E-state index contributed by atoms with van der Waals surface area (Å²) in [4.78, 5) is 11.6. The van der Waals surface area contributed by atoms with E-state index in [0.29, 0.717) is 18.7 Å². The minimum absolute atomic E-state index is 0.124. The number of amides is 1. The van der Waals surface area contributed by atoms with Crippen LogP contribution in [0.2, 0.25) is 0 Å². The van der Waals surface area contributed by atoms with Crippen molar-refractivity contribution in [2.75, 3.05) is 24.3 Å². The van der Waals surface area contributed by atoms with Gasteiger partial charge in [0.1, 0.15) is 12.4 Å². The van der Waals surface area contributed by atoms with Crippen LogP contribution in [0.3, 0.4) is 0 Å². The van der Waals surface area contributed by atoms with Gasteiger partial charge in [-0.1, -0.05) is 30.3 Å². The zero-order chi connectivity index (χ0) is 15.1. The number of para-hydroxylation sites is 2. The molecule has 0 bridgehead atoms. The van der Waals surface area contributed by atoms with E-state index in [2.05, 4.69) is 5.32 Å². The standard InChI is InChI=1S/C16H17FN2O2/c17-13-6-2-4-8-15(13)19-16(20)11-21-10-9-12-5-1-3-7-14(12)18/h1-8H,9-11,18H2,(H,19,20). The molecule has 0 heterocycles. The Kier molecular flexibility index (Phi) is 5.29. The molecule has 0 atom stereocenters. The van der Waals surface area contributed by atoms with Crippen molar-refractivity contribution in [1.29, 1.82) is 0 Å². The van der Waals surface area contributed by atoms with E-state index >= 15 is 0 Å². The van der Waals surface area contributed by atoms with Gasteiger partial charge < -0.3 is 15.8 Å². The van der Waals surface area contributed by atoms with Crippen molar-refractivity contribution in [3.05, 3.63) is 59.9 Å². The summed E-state index contributed by atoms with van der Waals surface area (Å²) >= 11 is 0. The number of hydrogen-bond acceptors (Lipinski definition) is 3. The smallest absolute Gasteiger partial charge is 0.250 e. The molecule has 2 rings (SSSR count). The summed E-state index contributed by atoms with van der Waals surface area (Å²) in [6, 6.07) is 13.5. The van der Waals surface area contributed by atoms with Gasteiger partial charge in [-0.15, -0.1) is 0 Å². The highest BCUT2D eigenvalue weighted by Gasteiger charge is 2.06. The molecule has 0 radical (unpaired) electrons. The first kappa shape index (κ1) is 15.0. The normalized spacial score (nSPS) is 10.3. The van der Waals surface area contributed by atoms with Crippen molar-refractivity contribution < 1.29 is 13.9 Å². The van der Waals surface area contributed by atoms with E-state index in [9.17, 15) is 9.18 Å². The monoisotopic (exact) mass is 288 g/mol. The second kappa shape index (κ2) is 7.40. The van der Waals surface area contributed by atoms with E-state index in [0.717, 1.165) is 5.56 Å². The summed E-state index contributed by atoms with van der Waals surface area (Å²) in [5.41, 5.74) is 7.64. The fourth-order valence-corrected chi connectivity index (χ4v) is 1.86. The Bertz CT molecular complexity index is 617.